The van der Waals surface area contributed by atoms with E-state index in [9.17, 15) is 0 Å². The van der Waals surface area contributed by atoms with E-state index in [1.54, 1.807) is 0 Å². The third-order valence-electron chi connectivity index (χ3n) is 1.22. The Morgan fingerprint density at radius 2 is 1.50 bits per heavy atom. The summed E-state index contributed by atoms with van der Waals surface area (Å²) in [6.07, 6.45) is 0. The number of nitrogens with zero attached hydrogens (tertiary/aromatic N) is 2. The predicted octanol–water partition coefficient (Wildman–Crippen LogP) is -0.292. The van der Waals surface area contributed by atoms with Gasteiger partial charge in [-0.1, -0.05) is 12.1 Å². The normalized spacial score (nSPS) is 9.17. The maximum atomic E-state index is 4.12. The van der Waals surface area contributed by atoms with Crippen molar-refractivity contribution in [2.45, 2.75) is 0 Å². The van der Waals surface area contributed by atoms with Crippen molar-refractivity contribution in [1.29, 1.82) is 0 Å². The highest BCUT2D eigenvalue weighted by atomic mass is 16.7. The second-order valence-electron chi connectivity index (χ2n) is 1.95. The molecule has 0 aliphatic rings. The van der Waals surface area contributed by atoms with Crippen molar-refractivity contribution in [3.8, 4) is 0 Å². The van der Waals surface area contributed by atoms with Crippen LogP contribution >= 0.6 is 0 Å². The molecule has 0 amide bonds. The van der Waals surface area contributed by atoms with Gasteiger partial charge >= 0.3 is 0 Å². The summed E-state index contributed by atoms with van der Waals surface area (Å²) in [7, 11) is 0. The monoisotopic (exact) mass is 167 g/mol. The highest BCUT2D eigenvalue weighted by Gasteiger charge is 1.90. The van der Waals surface area contributed by atoms with Crippen LogP contribution in [0.1, 0.15) is 0 Å². The van der Waals surface area contributed by atoms with Crippen molar-refractivity contribution >= 4 is 11.0 Å². The Kier molecular flexibility index (Phi) is 3.15. The van der Waals surface area contributed by atoms with Crippen LogP contribution in [0.4, 0.5) is 0 Å². The molecule has 0 unspecified atom stereocenters. The second-order valence-corrected chi connectivity index (χ2v) is 1.95. The number of H-pyrrole nitrogens is 1. The highest BCUT2D eigenvalue weighted by Crippen LogP contribution is 2.03. The van der Waals surface area contributed by atoms with Gasteiger partial charge in [0.05, 0.1) is 0 Å². The number of aromatic nitrogens is 3. The molecule has 64 valence electrons. The standard InChI is InChI=1S/C6H5N3.H4N2O/c1-2-4-6-5(3-1)7-9-8-6;1-3-2/h1-4H,(H,7,8,9);1-2H2. The molecule has 6 heteroatoms. The lowest BCUT2D eigenvalue weighted by molar-refractivity contribution is 0.142. The van der Waals surface area contributed by atoms with Gasteiger partial charge in [-0.15, -0.1) is 0 Å². The first-order valence-electron chi connectivity index (χ1n) is 3.19. The van der Waals surface area contributed by atoms with Gasteiger partial charge < -0.3 is 0 Å². The van der Waals surface area contributed by atoms with Crippen LogP contribution < -0.4 is 11.8 Å². The van der Waals surface area contributed by atoms with Gasteiger partial charge in [-0.3, -0.25) is 0 Å². The van der Waals surface area contributed by atoms with Crippen LogP contribution in [0.15, 0.2) is 24.3 Å². The fourth-order valence-electron chi connectivity index (χ4n) is 0.786. The number of hydrogen-bond acceptors (Lipinski definition) is 5. The zero-order chi connectivity index (χ0) is 8.81. The summed E-state index contributed by atoms with van der Waals surface area (Å²) in [6.45, 7) is 0. The number of hydrogen-bond donors (Lipinski definition) is 3. The molecule has 2 aromatic rings. The Morgan fingerprint density at radius 3 is 1.92 bits per heavy atom. The fraction of sp³-hybridized carbons (Fsp3) is 0. The molecule has 1 aromatic heterocycles. The molecule has 6 nitrogen and oxygen atoms in total. The second kappa shape index (κ2) is 4.39. The molecule has 0 atom stereocenters. The minimum absolute atomic E-state index is 0.914. The molecular formula is C6H9N5O. The van der Waals surface area contributed by atoms with Crippen LogP contribution in [0.25, 0.3) is 11.0 Å². The maximum absolute atomic E-state index is 4.12. The summed E-state index contributed by atoms with van der Waals surface area (Å²) in [6, 6.07) is 7.70. The zero-order valence-corrected chi connectivity index (χ0v) is 6.27. The van der Waals surface area contributed by atoms with Crippen LogP contribution in [-0.2, 0) is 4.94 Å². The number of benzene rings is 1. The van der Waals surface area contributed by atoms with Gasteiger partial charge in [-0.05, 0) is 12.1 Å². The van der Waals surface area contributed by atoms with Crippen molar-refractivity contribution in [2.75, 3.05) is 0 Å². The summed E-state index contributed by atoms with van der Waals surface area (Å²) in [5.41, 5.74) is 1.83. The van der Waals surface area contributed by atoms with Gasteiger partial charge in [0.2, 0.25) is 0 Å². The molecule has 0 radical (unpaired) electrons. The zero-order valence-electron chi connectivity index (χ0n) is 6.27. The smallest absolute Gasteiger partial charge is 0.112 e. The minimum Gasteiger partial charge on any atom is -0.220 e. The molecule has 0 aliphatic heterocycles. The highest BCUT2D eigenvalue weighted by molar-refractivity contribution is 5.72. The first-order valence-corrected chi connectivity index (χ1v) is 3.19. The topological polar surface area (TPSA) is 103 Å². The van der Waals surface area contributed by atoms with Gasteiger partial charge in [0.15, 0.2) is 0 Å². The van der Waals surface area contributed by atoms with E-state index in [1.807, 2.05) is 24.3 Å². The lowest BCUT2D eigenvalue weighted by atomic mass is 10.3. The molecule has 0 bridgehead atoms. The molecule has 1 aromatic carbocycles. The lowest BCUT2D eigenvalue weighted by Gasteiger charge is -1.78. The number of fused-ring (bicyclic) bond motifs is 1. The van der Waals surface area contributed by atoms with E-state index in [1.165, 1.54) is 0 Å². The number of nitrogens with two attached hydrogens (primary N) is 2. The quantitative estimate of drug-likeness (QED) is 0.468. The molecule has 5 N–H and O–H groups in total. The van der Waals surface area contributed by atoms with Crippen molar-refractivity contribution in [3.05, 3.63) is 24.3 Å². The maximum Gasteiger partial charge on any atom is 0.112 e. The number of para-hydroxylation sites is 2. The van der Waals surface area contributed by atoms with Gasteiger partial charge in [-0.2, -0.15) is 27.2 Å². The summed E-state index contributed by atoms with van der Waals surface area (Å²) in [5, 5.41) is 10.3. The largest absolute Gasteiger partial charge is 0.220 e. The summed E-state index contributed by atoms with van der Waals surface area (Å²) in [5.74, 6) is 8.25. The lowest BCUT2D eigenvalue weighted by Crippen LogP contribution is -2.03. The molecule has 1 heterocycles. The van der Waals surface area contributed by atoms with E-state index in [-0.39, 0.29) is 0 Å². The number of nitrogens with one attached hydrogen (secondary N) is 1. The van der Waals surface area contributed by atoms with Crippen molar-refractivity contribution in [3.63, 3.8) is 0 Å². The first-order chi connectivity index (χ1) is 5.88. The van der Waals surface area contributed by atoms with E-state index in [4.69, 9.17) is 0 Å². The SMILES string of the molecule is NON.c1ccc2n[nH]nc2c1. The van der Waals surface area contributed by atoms with Crippen LogP contribution in [0, 0.1) is 0 Å². The Morgan fingerprint density at radius 1 is 1.08 bits per heavy atom. The molecule has 2 rings (SSSR count). The molecule has 0 spiro atoms. The van der Waals surface area contributed by atoms with Crippen molar-refractivity contribution in [2.24, 2.45) is 11.8 Å². The van der Waals surface area contributed by atoms with E-state index >= 15 is 0 Å². The van der Waals surface area contributed by atoms with Crippen LogP contribution in [0.5, 0.6) is 0 Å². The third-order valence-corrected chi connectivity index (χ3v) is 1.22. The summed E-state index contributed by atoms with van der Waals surface area (Å²) >= 11 is 0. The van der Waals surface area contributed by atoms with Gasteiger partial charge in [0.1, 0.15) is 11.0 Å². The van der Waals surface area contributed by atoms with E-state index < -0.39 is 0 Å². The minimum atomic E-state index is 0.914. The van der Waals surface area contributed by atoms with Gasteiger partial charge in [0.25, 0.3) is 0 Å². The first kappa shape index (κ1) is 8.60. The van der Waals surface area contributed by atoms with Gasteiger partial charge in [-0.25, -0.2) is 4.94 Å². The Balaban J connectivity index is 0.000000213. The third kappa shape index (κ3) is 1.99. The van der Waals surface area contributed by atoms with E-state index in [0.29, 0.717) is 0 Å². The van der Waals surface area contributed by atoms with Crippen molar-refractivity contribution in [1.82, 2.24) is 15.4 Å². The average molecular weight is 167 g/mol. The van der Waals surface area contributed by atoms with Gasteiger partial charge in [0, 0.05) is 0 Å². The Hall–Kier alpha value is -1.50. The van der Waals surface area contributed by atoms with Crippen LogP contribution in [0.3, 0.4) is 0 Å². The molecule has 0 aliphatic carbocycles. The Labute approximate surface area is 68.4 Å². The molecular weight excluding hydrogens is 158 g/mol. The summed E-state index contributed by atoms with van der Waals surface area (Å²) < 4.78 is 0. The number of rotatable bonds is 0. The van der Waals surface area contributed by atoms with Crippen LogP contribution in [-0.4, -0.2) is 15.4 Å². The number of aromatic amines is 1. The molecule has 12 heavy (non-hydrogen) atoms. The molecule has 0 fully saturated rings. The molecule has 0 saturated carbocycles. The molecule has 0 saturated heterocycles. The summed E-state index contributed by atoms with van der Waals surface area (Å²) in [4.78, 5) is 3.25. The Bertz CT molecular complexity index is 303. The predicted molar refractivity (Wildman–Crippen MR) is 43.3 cm³/mol. The van der Waals surface area contributed by atoms with E-state index in [0.717, 1.165) is 11.0 Å². The average Bonchev–Trinajstić information content (AvgIpc) is 2.52. The van der Waals surface area contributed by atoms with Crippen LogP contribution in [0.2, 0.25) is 0 Å². The van der Waals surface area contributed by atoms with E-state index in [2.05, 4.69) is 32.1 Å². The fourth-order valence-corrected chi connectivity index (χ4v) is 0.786. The van der Waals surface area contributed by atoms with Crippen molar-refractivity contribution < 1.29 is 4.94 Å².